The van der Waals surface area contributed by atoms with Crippen molar-refractivity contribution in [2.75, 3.05) is 11.9 Å². The number of hydrogen-bond donors (Lipinski definition) is 3. The highest BCUT2D eigenvalue weighted by atomic mass is 16.5. The number of nitrogens with zero attached hydrogens (tertiary/aromatic N) is 2. The van der Waals surface area contributed by atoms with Gasteiger partial charge in [0.05, 0.1) is 18.8 Å². The van der Waals surface area contributed by atoms with Gasteiger partial charge in [0.2, 0.25) is 0 Å². The van der Waals surface area contributed by atoms with Crippen molar-refractivity contribution in [3.63, 3.8) is 0 Å². The predicted molar refractivity (Wildman–Crippen MR) is 109 cm³/mol. The molecule has 0 saturated heterocycles. The van der Waals surface area contributed by atoms with Crippen LogP contribution in [0.15, 0.2) is 54.6 Å². The number of nitrogens with one attached hydrogen (secondary N) is 2. The number of amides is 3. The zero-order valence-electron chi connectivity index (χ0n) is 16.3. The Labute approximate surface area is 176 Å². The van der Waals surface area contributed by atoms with Crippen LogP contribution in [0.1, 0.15) is 21.6 Å². The highest BCUT2D eigenvalue weighted by molar-refractivity contribution is 6.04. The molecule has 1 aromatic heterocycles. The Morgan fingerprint density at radius 2 is 1.74 bits per heavy atom. The van der Waals surface area contributed by atoms with Gasteiger partial charge in [0.1, 0.15) is 11.5 Å². The van der Waals surface area contributed by atoms with Gasteiger partial charge >= 0.3 is 6.09 Å². The Balaban J connectivity index is 1.37. The summed E-state index contributed by atoms with van der Waals surface area (Å²) in [6.07, 6.45) is -1.01. The summed E-state index contributed by atoms with van der Waals surface area (Å²) in [5.74, 6) is 0.913. The zero-order chi connectivity index (χ0) is 21.8. The van der Waals surface area contributed by atoms with Crippen molar-refractivity contribution in [2.24, 2.45) is 5.73 Å². The van der Waals surface area contributed by atoms with Gasteiger partial charge in [0.25, 0.3) is 11.8 Å². The molecule has 1 aliphatic heterocycles. The zero-order valence-corrected chi connectivity index (χ0v) is 16.3. The second kappa shape index (κ2) is 8.57. The molecule has 0 atom stereocenters. The average molecular weight is 421 g/mol. The summed E-state index contributed by atoms with van der Waals surface area (Å²) in [7, 11) is 0. The monoisotopic (exact) mass is 421 g/mol. The van der Waals surface area contributed by atoms with Crippen LogP contribution in [0.4, 0.5) is 10.6 Å². The van der Waals surface area contributed by atoms with E-state index in [2.05, 4.69) is 20.3 Å². The Hall–Kier alpha value is -4.34. The number of primary amides is 1. The third kappa shape index (κ3) is 4.64. The lowest BCUT2D eigenvalue weighted by atomic mass is 10.2. The first-order valence-electron chi connectivity index (χ1n) is 9.40. The first-order chi connectivity index (χ1) is 15.0. The Bertz CT molecular complexity index is 1110. The molecule has 10 heteroatoms. The lowest BCUT2D eigenvalue weighted by Gasteiger charge is -2.15. The molecule has 4 N–H and O–H groups in total. The minimum Gasteiger partial charge on any atom is -0.457 e. The van der Waals surface area contributed by atoms with E-state index in [-0.39, 0.29) is 19.0 Å². The smallest absolute Gasteiger partial charge is 0.405 e. The molecule has 3 amide bonds. The second-order valence-electron chi connectivity index (χ2n) is 6.78. The van der Waals surface area contributed by atoms with Gasteiger partial charge in [-0.15, -0.1) is 0 Å². The number of H-pyrrole nitrogens is 1. The molecule has 0 saturated carbocycles. The van der Waals surface area contributed by atoms with E-state index in [9.17, 15) is 14.4 Å². The molecule has 3 aromatic rings. The minimum atomic E-state index is -1.01. The first kappa shape index (κ1) is 20.0. The van der Waals surface area contributed by atoms with E-state index >= 15 is 0 Å². The number of aromatic nitrogens is 2. The minimum absolute atomic E-state index is 0.228. The average Bonchev–Trinajstić information content (AvgIpc) is 3.35. The van der Waals surface area contributed by atoms with Crippen LogP contribution < -0.4 is 15.8 Å². The summed E-state index contributed by atoms with van der Waals surface area (Å²) in [5.41, 5.74) is 6.71. The second-order valence-corrected chi connectivity index (χ2v) is 6.78. The van der Waals surface area contributed by atoms with Gasteiger partial charge in [0, 0.05) is 11.1 Å². The fourth-order valence-corrected chi connectivity index (χ4v) is 3.12. The molecule has 0 spiro atoms. The van der Waals surface area contributed by atoms with Crippen LogP contribution in [-0.2, 0) is 22.6 Å². The van der Waals surface area contributed by atoms with Gasteiger partial charge in [-0.25, -0.2) is 4.79 Å². The van der Waals surface area contributed by atoms with E-state index in [1.54, 1.807) is 24.3 Å². The standard InChI is InChI=1S/C21H19N5O5/c22-21(29)30-12-18(27)26-10-16-17(11-26)24-25-19(16)23-20(28)13-6-8-15(9-7-13)31-14-4-2-1-3-5-14/h1-9H,10-12H2,(H2,22,29)(H2,23,24,25,28). The highest BCUT2D eigenvalue weighted by Gasteiger charge is 2.29. The fraction of sp³-hybridized carbons (Fsp3) is 0.143. The summed E-state index contributed by atoms with van der Waals surface area (Å²) >= 11 is 0. The van der Waals surface area contributed by atoms with Crippen LogP contribution in [0, 0.1) is 0 Å². The Morgan fingerprint density at radius 3 is 2.45 bits per heavy atom. The molecule has 2 heterocycles. The molecule has 0 aliphatic carbocycles. The number of para-hydroxylation sites is 1. The number of carbonyl (C=O) groups is 3. The number of benzene rings is 2. The molecule has 0 bridgehead atoms. The van der Waals surface area contributed by atoms with E-state index in [1.165, 1.54) is 4.90 Å². The van der Waals surface area contributed by atoms with Crippen LogP contribution >= 0.6 is 0 Å². The van der Waals surface area contributed by atoms with E-state index in [0.717, 1.165) is 0 Å². The number of anilines is 1. The van der Waals surface area contributed by atoms with Crippen LogP contribution in [0.25, 0.3) is 0 Å². The van der Waals surface area contributed by atoms with Gasteiger partial charge in [-0.1, -0.05) is 18.2 Å². The number of ether oxygens (including phenoxy) is 2. The molecular formula is C21H19N5O5. The van der Waals surface area contributed by atoms with Crippen LogP contribution in [0.3, 0.4) is 0 Å². The molecule has 31 heavy (non-hydrogen) atoms. The van der Waals surface area contributed by atoms with Crippen molar-refractivity contribution in [3.05, 3.63) is 71.4 Å². The van der Waals surface area contributed by atoms with Gasteiger partial charge in [-0.3, -0.25) is 14.7 Å². The SMILES string of the molecule is NC(=O)OCC(=O)N1Cc2[nH]nc(NC(=O)c3ccc(Oc4ccccc4)cc3)c2C1. The largest absolute Gasteiger partial charge is 0.457 e. The molecule has 1 aliphatic rings. The molecular weight excluding hydrogens is 402 g/mol. The van der Waals surface area contributed by atoms with Crippen LogP contribution in [0.5, 0.6) is 11.5 Å². The third-order valence-corrected chi connectivity index (χ3v) is 4.67. The van der Waals surface area contributed by atoms with Gasteiger partial charge in [-0.2, -0.15) is 5.10 Å². The number of rotatable bonds is 6. The number of fused-ring (bicyclic) bond motifs is 1. The van der Waals surface area contributed by atoms with Crippen LogP contribution in [0.2, 0.25) is 0 Å². The van der Waals surface area contributed by atoms with Crippen molar-refractivity contribution >= 4 is 23.7 Å². The van der Waals surface area contributed by atoms with Gasteiger partial charge < -0.3 is 25.4 Å². The molecule has 0 unspecified atom stereocenters. The van der Waals surface area contributed by atoms with Crippen molar-refractivity contribution in [1.29, 1.82) is 0 Å². The van der Waals surface area contributed by atoms with E-state index in [0.29, 0.717) is 34.1 Å². The number of aromatic amines is 1. The normalized spacial score (nSPS) is 12.2. The third-order valence-electron chi connectivity index (χ3n) is 4.67. The fourth-order valence-electron chi connectivity index (χ4n) is 3.12. The topological polar surface area (TPSA) is 140 Å². The van der Waals surface area contributed by atoms with E-state index in [1.807, 2.05) is 30.3 Å². The number of hydrogen-bond acceptors (Lipinski definition) is 6. The summed E-state index contributed by atoms with van der Waals surface area (Å²) in [6, 6.07) is 16.0. The van der Waals surface area contributed by atoms with Crippen LogP contribution in [-0.4, -0.2) is 39.6 Å². The molecule has 158 valence electrons. The maximum Gasteiger partial charge on any atom is 0.405 e. The lowest BCUT2D eigenvalue weighted by Crippen LogP contribution is -2.31. The van der Waals surface area contributed by atoms with Gasteiger partial charge in [0.15, 0.2) is 12.4 Å². The molecule has 10 nitrogen and oxygen atoms in total. The summed E-state index contributed by atoms with van der Waals surface area (Å²) in [4.78, 5) is 36.8. The van der Waals surface area contributed by atoms with Crippen molar-refractivity contribution in [1.82, 2.24) is 15.1 Å². The summed E-state index contributed by atoms with van der Waals surface area (Å²) in [5, 5.41) is 9.69. The molecule has 4 rings (SSSR count). The van der Waals surface area contributed by atoms with Crippen molar-refractivity contribution in [2.45, 2.75) is 13.1 Å². The van der Waals surface area contributed by atoms with Crippen molar-refractivity contribution < 1.29 is 23.9 Å². The summed E-state index contributed by atoms with van der Waals surface area (Å²) in [6.45, 7) is 0.0586. The first-order valence-corrected chi connectivity index (χ1v) is 9.40. The number of carbonyl (C=O) groups excluding carboxylic acids is 3. The molecule has 2 aromatic carbocycles. The van der Waals surface area contributed by atoms with E-state index < -0.39 is 18.6 Å². The molecule has 0 fully saturated rings. The maximum atomic E-state index is 12.6. The quantitative estimate of drug-likeness (QED) is 0.558. The predicted octanol–water partition coefficient (Wildman–Crippen LogP) is 2.39. The lowest BCUT2D eigenvalue weighted by molar-refractivity contribution is -0.134. The van der Waals surface area contributed by atoms with Gasteiger partial charge in [-0.05, 0) is 36.4 Å². The van der Waals surface area contributed by atoms with Crippen molar-refractivity contribution in [3.8, 4) is 11.5 Å². The highest BCUT2D eigenvalue weighted by Crippen LogP contribution is 2.28. The van der Waals surface area contributed by atoms with E-state index in [4.69, 9.17) is 10.5 Å². The number of nitrogens with two attached hydrogens (primary N) is 1. The Kier molecular flexibility index (Phi) is 5.52. The maximum absolute atomic E-state index is 12.6. The Morgan fingerprint density at radius 1 is 1.03 bits per heavy atom. The molecule has 0 radical (unpaired) electrons. The summed E-state index contributed by atoms with van der Waals surface area (Å²) < 4.78 is 10.3.